The number of hydrogen-bond acceptors (Lipinski definition) is 7. The van der Waals surface area contributed by atoms with Crippen molar-refractivity contribution in [2.45, 2.75) is 52.0 Å². The van der Waals surface area contributed by atoms with Gasteiger partial charge in [0, 0.05) is 19.7 Å². The lowest BCUT2D eigenvalue weighted by atomic mass is 10.2. The molecule has 2 aromatic carbocycles. The fourth-order valence-electron chi connectivity index (χ4n) is 3.17. The summed E-state index contributed by atoms with van der Waals surface area (Å²) in [7, 11) is 1.23. The zero-order chi connectivity index (χ0) is 26.4. The van der Waals surface area contributed by atoms with E-state index in [1.165, 1.54) is 7.11 Å². The molecule has 0 saturated carbocycles. The summed E-state index contributed by atoms with van der Waals surface area (Å²) in [6.45, 7) is 6.28. The van der Waals surface area contributed by atoms with Gasteiger partial charge in [0.15, 0.2) is 6.04 Å². The van der Waals surface area contributed by atoms with Crippen molar-refractivity contribution in [3.63, 3.8) is 0 Å². The molecule has 0 fully saturated rings. The lowest BCUT2D eigenvalue weighted by Crippen LogP contribution is -2.46. The van der Waals surface area contributed by atoms with Gasteiger partial charge in [-0.25, -0.2) is 14.4 Å². The summed E-state index contributed by atoms with van der Waals surface area (Å²) in [5, 5.41) is 2.46. The van der Waals surface area contributed by atoms with E-state index >= 15 is 0 Å². The first-order valence-electron chi connectivity index (χ1n) is 11.8. The molecule has 1 atom stereocenters. The van der Waals surface area contributed by atoms with Crippen molar-refractivity contribution in [1.82, 2.24) is 10.2 Å². The van der Waals surface area contributed by atoms with Crippen LogP contribution < -0.4 is 5.32 Å². The molecule has 0 radical (unpaired) electrons. The number of carbonyl (C=O) groups excluding carboxylic acids is 3. The molecule has 36 heavy (non-hydrogen) atoms. The molecule has 9 nitrogen and oxygen atoms in total. The predicted molar refractivity (Wildman–Crippen MR) is 134 cm³/mol. The zero-order valence-electron chi connectivity index (χ0n) is 21.4. The van der Waals surface area contributed by atoms with Crippen molar-refractivity contribution in [3.8, 4) is 0 Å². The minimum Gasteiger partial charge on any atom is -0.467 e. The van der Waals surface area contributed by atoms with Gasteiger partial charge >= 0.3 is 18.2 Å². The third-order valence-corrected chi connectivity index (χ3v) is 4.86. The smallest absolute Gasteiger partial charge is 0.410 e. The molecule has 0 aliphatic heterocycles. The van der Waals surface area contributed by atoms with Gasteiger partial charge in [-0.15, -0.1) is 0 Å². The van der Waals surface area contributed by atoms with Gasteiger partial charge in [0.2, 0.25) is 0 Å². The average molecular weight is 501 g/mol. The van der Waals surface area contributed by atoms with Crippen LogP contribution in [0.1, 0.15) is 38.3 Å². The number of nitrogens with one attached hydrogen (secondary N) is 1. The summed E-state index contributed by atoms with van der Waals surface area (Å²) in [6.07, 6.45) is -0.674. The summed E-state index contributed by atoms with van der Waals surface area (Å²) < 4.78 is 21.0. The molecule has 0 aliphatic carbocycles. The Morgan fingerprint density at radius 1 is 0.944 bits per heavy atom. The molecule has 0 unspecified atom stereocenters. The third kappa shape index (κ3) is 11.2. The first kappa shape index (κ1) is 28.6. The summed E-state index contributed by atoms with van der Waals surface area (Å²) in [5.74, 6) is -0.643. The van der Waals surface area contributed by atoms with Crippen molar-refractivity contribution in [2.75, 3.05) is 26.9 Å². The van der Waals surface area contributed by atoms with E-state index in [0.29, 0.717) is 19.5 Å². The van der Waals surface area contributed by atoms with Crippen LogP contribution >= 0.6 is 0 Å². The largest absolute Gasteiger partial charge is 0.467 e. The third-order valence-electron chi connectivity index (χ3n) is 4.86. The Morgan fingerprint density at radius 2 is 1.56 bits per heavy atom. The Balaban J connectivity index is 1.87. The second kappa shape index (κ2) is 14.7. The molecular formula is C27H36N2O7. The lowest BCUT2D eigenvalue weighted by Gasteiger charge is -2.23. The number of nitrogens with zero attached hydrogens (tertiary/aromatic N) is 1. The molecule has 0 bridgehead atoms. The van der Waals surface area contributed by atoms with Crippen molar-refractivity contribution >= 4 is 18.2 Å². The maximum absolute atomic E-state index is 12.8. The summed E-state index contributed by atoms with van der Waals surface area (Å²) >= 11 is 0. The van der Waals surface area contributed by atoms with E-state index < -0.39 is 29.8 Å². The molecule has 2 aromatic rings. The number of methoxy groups -OCH3 is 1. The number of ether oxygens (including phenoxy) is 4. The molecule has 0 heterocycles. The molecule has 9 heteroatoms. The number of rotatable bonds is 12. The highest BCUT2D eigenvalue weighted by Gasteiger charge is 2.25. The molecule has 0 saturated heterocycles. The van der Waals surface area contributed by atoms with Crippen molar-refractivity contribution in [1.29, 1.82) is 0 Å². The Bertz CT molecular complexity index is 946. The van der Waals surface area contributed by atoms with Crippen LogP contribution in [-0.4, -0.2) is 61.6 Å². The van der Waals surface area contributed by atoms with Crippen LogP contribution in [0.4, 0.5) is 9.59 Å². The highest BCUT2D eigenvalue weighted by atomic mass is 16.6. The maximum atomic E-state index is 12.8. The van der Waals surface area contributed by atoms with Crippen LogP contribution in [0.5, 0.6) is 0 Å². The van der Waals surface area contributed by atoms with Gasteiger partial charge in [0.05, 0.1) is 13.7 Å². The van der Waals surface area contributed by atoms with Crippen LogP contribution in [0.25, 0.3) is 0 Å². The Morgan fingerprint density at radius 3 is 2.14 bits per heavy atom. The summed E-state index contributed by atoms with van der Waals surface area (Å²) in [4.78, 5) is 38.5. The van der Waals surface area contributed by atoms with Crippen LogP contribution in [0, 0.1) is 0 Å². The van der Waals surface area contributed by atoms with E-state index in [1.54, 1.807) is 25.7 Å². The zero-order valence-corrected chi connectivity index (χ0v) is 21.4. The Labute approximate surface area is 212 Å². The standard InChI is InChI=1S/C27H36N2O7/c1-27(2,3)36-25(31)28-23(24(30)33-4)20-34-17-11-16-29(18-21-12-7-5-8-13-21)26(32)35-19-22-14-9-6-10-15-22/h5-10,12-15,23H,11,16-20H2,1-4H3,(H,28,31)/t23-/m0/s1. The highest BCUT2D eigenvalue weighted by Crippen LogP contribution is 2.10. The van der Waals surface area contributed by atoms with Gasteiger partial charge in [-0.1, -0.05) is 60.7 Å². The number of hydrogen-bond donors (Lipinski definition) is 1. The second-order valence-corrected chi connectivity index (χ2v) is 9.10. The number of esters is 1. The summed E-state index contributed by atoms with van der Waals surface area (Å²) in [5.41, 5.74) is 1.17. The maximum Gasteiger partial charge on any atom is 0.410 e. The number of carbonyl (C=O) groups is 3. The predicted octanol–water partition coefficient (Wildman–Crippen LogP) is 4.30. The molecule has 1 N–H and O–H groups in total. The number of alkyl carbamates (subject to hydrolysis) is 1. The normalized spacial score (nSPS) is 11.8. The van der Waals surface area contributed by atoms with Gasteiger partial charge in [0.1, 0.15) is 12.2 Å². The minimum absolute atomic E-state index is 0.0942. The van der Waals surface area contributed by atoms with Gasteiger partial charge < -0.3 is 29.2 Å². The van der Waals surface area contributed by atoms with Crippen molar-refractivity contribution in [3.05, 3.63) is 71.8 Å². The van der Waals surface area contributed by atoms with E-state index in [9.17, 15) is 14.4 Å². The fourth-order valence-corrected chi connectivity index (χ4v) is 3.17. The molecule has 0 aliphatic rings. The highest BCUT2D eigenvalue weighted by molar-refractivity contribution is 5.81. The minimum atomic E-state index is -1.01. The van der Waals surface area contributed by atoms with E-state index in [-0.39, 0.29) is 19.8 Å². The number of amides is 2. The van der Waals surface area contributed by atoms with Crippen LogP contribution in [-0.2, 0) is 36.9 Å². The molecule has 2 rings (SSSR count). The van der Waals surface area contributed by atoms with Gasteiger partial charge in [-0.2, -0.15) is 0 Å². The van der Waals surface area contributed by atoms with Crippen molar-refractivity contribution in [2.24, 2.45) is 0 Å². The first-order chi connectivity index (χ1) is 17.2. The topological polar surface area (TPSA) is 103 Å². The molecular weight excluding hydrogens is 464 g/mol. The fraction of sp³-hybridized carbons (Fsp3) is 0.444. The monoisotopic (exact) mass is 500 g/mol. The molecule has 0 aromatic heterocycles. The van der Waals surface area contributed by atoms with Gasteiger partial charge in [-0.05, 0) is 38.3 Å². The summed E-state index contributed by atoms with van der Waals surface area (Å²) in [6, 6.07) is 18.1. The van der Waals surface area contributed by atoms with Crippen LogP contribution in [0.2, 0.25) is 0 Å². The van der Waals surface area contributed by atoms with Crippen LogP contribution in [0.15, 0.2) is 60.7 Å². The average Bonchev–Trinajstić information content (AvgIpc) is 2.85. The quantitative estimate of drug-likeness (QED) is 0.263. The van der Waals surface area contributed by atoms with Crippen molar-refractivity contribution < 1.29 is 33.3 Å². The van der Waals surface area contributed by atoms with Gasteiger partial charge in [0.25, 0.3) is 0 Å². The first-order valence-corrected chi connectivity index (χ1v) is 11.8. The molecule has 2 amide bonds. The second-order valence-electron chi connectivity index (χ2n) is 9.10. The molecule has 196 valence electrons. The Hall–Kier alpha value is -3.59. The van der Waals surface area contributed by atoms with E-state index in [2.05, 4.69) is 5.32 Å². The lowest BCUT2D eigenvalue weighted by molar-refractivity contribution is -0.144. The SMILES string of the molecule is COC(=O)[C@H](COCCCN(Cc1ccccc1)C(=O)OCc1ccccc1)NC(=O)OC(C)(C)C. The van der Waals surface area contributed by atoms with E-state index in [4.69, 9.17) is 18.9 Å². The van der Waals surface area contributed by atoms with Crippen LogP contribution in [0.3, 0.4) is 0 Å². The van der Waals surface area contributed by atoms with E-state index in [0.717, 1.165) is 11.1 Å². The van der Waals surface area contributed by atoms with Gasteiger partial charge in [-0.3, -0.25) is 0 Å². The molecule has 0 spiro atoms. The number of benzene rings is 2. The Kier molecular flexibility index (Phi) is 11.7. The van der Waals surface area contributed by atoms with E-state index in [1.807, 2.05) is 60.7 Å².